The number of benzene rings is 1. The standard InChI is InChI=1S/C19H21N5O/c1-11-8-12(2)17(15(9-11)24-7-5-6-20-24)14-10-16(25)21-19-18(14)13(3)22-23(19)4/h5-9,14H,10H2,1-4H3,(H,21,25). The van der Waals surface area contributed by atoms with Crippen molar-refractivity contribution >= 4 is 11.7 Å². The lowest BCUT2D eigenvalue weighted by atomic mass is 9.82. The molecule has 1 aliphatic heterocycles. The number of aryl methyl sites for hydroxylation is 4. The van der Waals surface area contributed by atoms with Crippen LogP contribution in [0.4, 0.5) is 5.82 Å². The first-order valence-corrected chi connectivity index (χ1v) is 8.40. The number of amides is 1. The molecule has 1 N–H and O–H groups in total. The summed E-state index contributed by atoms with van der Waals surface area (Å²) in [6.45, 7) is 6.19. The fourth-order valence-electron chi connectivity index (χ4n) is 3.97. The van der Waals surface area contributed by atoms with E-state index in [1.54, 1.807) is 10.9 Å². The van der Waals surface area contributed by atoms with Crippen molar-refractivity contribution in [1.29, 1.82) is 0 Å². The van der Waals surface area contributed by atoms with Crippen molar-refractivity contribution in [2.75, 3.05) is 5.32 Å². The Kier molecular flexibility index (Phi) is 3.49. The van der Waals surface area contributed by atoms with E-state index in [4.69, 9.17) is 0 Å². The van der Waals surface area contributed by atoms with Crippen molar-refractivity contribution in [1.82, 2.24) is 19.6 Å². The largest absolute Gasteiger partial charge is 0.311 e. The minimum Gasteiger partial charge on any atom is -0.311 e. The van der Waals surface area contributed by atoms with E-state index in [9.17, 15) is 4.79 Å². The molecule has 0 radical (unpaired) electrons. The van der Waals surface area contributed by atoms with E-state index in [1.165, 1.54) is 11.1 Å². The summed E-state index contributed by atoms with van der Waals surface area (Å²) in [6.07, 6.45) is 4.13. The number of nitrogens with zero attached hydrogens (tertiary/aromatic N) is 4. The van der Waals surface area contributed by atoms with Gasteiger partial charge in [0.1, 0.15) is 5.82 Å². The van der Waals surface area contributed by atoms with Crippen LogP contribution in [0.2, 0.25) is 0 Å². The number of hydrogen-bond donors (Lipinski definition) is 1. The van der Waals surface area contributed by atoms with Crippen molar-refractivity contribution in [2.24, 2.45) is 7.05 Å². The molecule has 6 heteroatoms. The van der Waals surface area contributed by atoms with Gasteiger partial charge in [-0.05, 0) is 49.6 Å². The summed E-state index contributed by atoms with van der Waals surface area (Å²) in [5.74, 6) is 0.786. The summed E-state index contributed by atoms with van der Waals surface area (Å²) in [7, 11) is 1.87. The highest BCUT2D eigenvalue weighted by Crippen LogP contribution is 2.42. The summed E-state index contributed by atoms with van der Waals surface area (Å²) in [5, 5.41) is 11.9. The molecule has 6 nitrogen and oxygen atoms in total. The number of hydrogen-bond acceptors (Lipinski definition) is 3. The number of rotatable bonds is 2. The van der Waals surface area contributed by atoms with Gasteiger partial charge in [0, 0.05) is 37.3 Å². The van der Waals surface area contributed by atoms with Crippen LogP contribution < -0.4 is 5.32 Å². The molecule has 128 valence electrons. The number of anilines is 1. The van der Waals surface area contributed by atoms with Gasteiger partial charge in [0.15, 0.2) is 0 Å². The Labute approximate surface area is 146 Å². The van der Waals surface area contributed by atoms with Crippen LogP contribution in [0.5, 0.6) is 0 Å². The zero-order chi connectivity index (χ0) is 17.7. The van der Waals surface area contributed by atoms with E-state index < -0.39 is 0 Å². The van der Waals surface area contributed by atoms with Crippen LogP contribution in [0.25, 0.3) is 5.69 Å². The first-order chi connectivity index (χ1) is 12.0. The maximum atomic E-state index is 12.4. The molecule has 0 bridgehead atoms. The van der Waals surface area contributed by atoms with Crippen LogP contribution in [-0.4, -0.2) is 25.5 Å². The maximum Gasteiger partial charge on any atom is 0.226 e. The topological polar surface area (TPSA) is 64.7 Å². The van der Waals surface area contributed by atoms with Gasteiger partial charge in [0.05, 0.1) is 11.4 Å². The highest BCUT2D eigenvalue weighted by atomic mass is 16.1. The highest BCUT2D eigenvalue weighted by molar-refractivity contribution is 5.95. The molecule has 3 aromatic rings. The van der Waals surface area contributed by atoms with Crippen molar-refractivity contribution in [3.05, 3.63) is 58.5 Å². The summed E-state index contributed by atoms with van der Waals surface area (Å²) < 4.78 is 3.64. The fraction of sp³-hybridized carbons (Fsp3) is 0.316. The third kappa shape index (κ3) is 2.45. The monoisotopic (exact) mass is 335 g/mol. The first-order valence-electron chi connectivity index (χ1n) is 8.40. The zero-order valence-electron chi connectivity index (χ0n) is 14.9. The molecule has 1 aliphatic rings. The number of nitrogens with one attached hydrogen (secondary N) is 1. The fourth-order valence-corrected chi connectivity index (χ4v) is 3.97. The van der Waals surface area contributed by atoms with Gasteiger partial charge in [0.25, 0.3) is 0 Å². The van der Waals surface area contributed by atoms with Crippen LogP contribution in [0, 0.1) is 20.8 Å². The third-order valence-electron chi connectivity index (χ3n) is 4.87. The van der Waals surface area contributed by atoms with Crippen LogP contribution in [-0.2, 0) is 11.8 Å². The van der Waals surface area contributed by atoms with Gasteiger partial charge in [-0.1, -0.05) is 6.07 Å². The van der Waals surface area contributed by atoms with Gasteiger partial charge in [-0.25, -0.2) is 4.68 Å². The van der Waals surface area contributed by atoms with Crippen molar-refractivity contribution < 1.29 is 4.79 Å². The first kappa shape index (κ1) is 15.6. The molecule has 0 fully saturated rings. The molecule has 0 aliphatic carbocycles. The third-order valence-corrected chi connectivity index (χ3v) is 4.87. The maximum absolute atomic E-state index is 12.4. The lowest BCUT2D eigenvalue weighted by molar-refractivity contribution is -0.116. The van der Waals surface area contributed by atoms with Gasteiger partial charge in [0.2, 0.25) is 5.91 Å². The molecule has 0 spiro atoms. The second-order valence-electron chi connectivity index (χ2n) is 6.74. The molecule has 1 aromatic carbocycles. The van der Waals surface area contributed by atoms with E-state index >= 15 is 0 Å². The molecule has 0 saturated carbocycles. The molecule has 25 heavy (non-hydrogen) atoms. The van der Waals surface area contributed by atoms with Gasteiger partial charge in [-0.2, -0.15) is 10.2 Å². The van der Waals surface area contributed by atoms with Gasteiger partial charge in [-0.15, -0.1) is 0 Å². The van der Waals surface area contributed by atoms with Crippen molar-refractivity contribution in [2.45, 2.75) is 33.1 Å². The van der Waals surface area contributed by atoms with E-state index in [-0.39, 0.29) is 11.8 Å². The van der Waals surface area contributed by atoms with E-state index in [1.807, 2.05) is 30.9 Å². The molecule has 1 atom stereocenters. The Hall–Kier alpha value is -2.89. The average molecular weight is 335 g/mol. The Bertz CT molecular complexity index is 968. The molecule has 1 unspecified atom stereocenters. The van der Waals surface area contributed by atoms with Crippen LogP contribution >= 0.6 is 0 Å². The molecule has 0 saturated heterocycles. The molecule has 2 aromatic heterocycles. The Morgan fingerprint density at radius 2 is 2.00 bits per heavy atom. The highest BCUT2D eigenvalue weighted by Gasteiger charge is 2.34. The quantitative estimate of drug-likeness (QED) is 0.783. The van der Waals surface area contributed by atoms with Gasteiger partial charge in [-0.3, -0.25) is 9.48 Å². The molecule has 3 heterocycles. The second-order valence-corrected chi connectivity index (χ2v) is 6.74. The smallest absolute Gasteiger partial charge is 0.226 e. The molecular formula is C19H21N5O. The Morgan fingerprint density at radius 3 is 2.72 bits per heavy atom. The molecule has 4 rings (SSSR count). The van der Waals surface area contributed by atoms with E-state index in [0.29, 0.717) is 6.42 Å². The predicted octanol–water partition coefficient (Wildman–Crippen LogP) is 3.01. The minimum atomic E-state index is -0.0303. The molecular weight excluding hydrogens is 314 g/mol. The van der Waals surface area contributed by atoms with E-state index in [2.05, 4.69) is 41.5 Å². The van der Waals surface area contributed by atoms with Gasteiger partial charge < -0.3 is 5.32 Å². The van der Waals surface area contributed by atoms with Gasteiger partial charge >= 0.3 is 0 Å². The van der Waals surface area contributed by atoms with Crippen LogP contribution in [0.1, 0.15) is 40.3 Å². The Morgan fingerprint density at radius 1 is 1.20 bits per heavy atom. The van der Waals surface area contributed by atoms with Crippen molar-refractivity contribution in [3.8, 4) is 5.69 Å². The normalized spacial score (nSPS) is 16.6. The lowest BCUT2D eigenvalue weighted by Crippen LogP contribution is -2.26. The second kappa shape index (κ2) is 5.58. The number of aromatic nitrogens is 4. The number of fused-ring (bicyclic) bond motifs is 1. The summed E-state index contributed by atoms with van der Waals surface area (Å²) in [6, 6.07) is 6.21. The van der Waals surface area contributed by atoms with E-state index in [0.717, 1.165) is 28.3 Å². The van der Waals surface area contributed by atoms with Crippen LogP contribution in [0.3, 0.4) is 0 Å². The van der Waals surface area contributed by atoms with Crippen molar-refractivity contribution in [3.63, 3.8) is 0 Å². The minimum absolute atomic E-state index is 0.0203. The van der Waals surface area contributed by atoms with Crippen LogP contribution in [0.15, 0.2) is 30.6 Å². The summed E-state index contributed by atoms with van der Waals surface area (Å²) in [4.78, 5) is 12.4. The number of carbonyl (C=O) groups excluding carboxylic acids is 1. The summed E-state index contributed by atoms with van der Waals surface area (Å²) >= 11 is 0. The zero-order valence-corrected chi connectivity index (χ0v) is 14.9. The number of carbonyl (C=O) groups is 1. The predicted molar refractivity (Wildman–Crippen MR) is 96.1 cm³/mol. The molecule has 1 amide bonds. The summed E-state index contributed by atoms with van der Waals surface area (Å²) in [5.41, 5.74) is 6.56. The SMILES string of the molecule is Cc1cc(C)c(C2CC(=O)Nc3c2c(C)nn3C)c(-n2cccn2)c1. The Balaban J connectivity index is 1.99. The average Bonchev–Trinajstić information content (AvgIpc) is 3.15. The lowest BCUT2D eigenvalue weighted by Gasteiger charge is -2.27.